The van der Waals surface area contributed by atoms with Gasteiger partial charge >= 0.3 is 5.97 Å². The van der Waals surface area contributed by atoms with Crippen molar-refractivity contribution in [1.29, 1.82) is 0 Å². The number of esters is 1. The summed E-state index contributed by atoms with van der Waals surface area (Å²) in [5.74, 6) is -0.197. The first-order valence-electron chi connectivity index (χ1n) is 6.22. The van der Waals surface area contributed by atoms with Gasteiger partial charge in [-0.2, -0.15) is 0 Å². The Kier molecular flexibility index (Phi) is 3.74. The Balaban J connectivity index is 2.38. The van der Waals surface area contributed by atoms with E-state index in [1.807, 2.05) is 0 Å². The van der Waals surface area contributed by atoms with Gasteiger partial charge < -0.3 is 14.6 Å². The van der Waals surface area contributed by atoms with Crippen LogP contribution in [-0.4, -0.2) is 29.6 Å². The minimum Gasteiger partial charge on any atom is -0.508 e. The summed E-state index contributed by atoms with van der Waals surface area (Å²) in [7, 11) is 0. The first-order valence-corrected chi connectivity index (χ1v) is 6.22. The third-order valence-corrected chi connectivity index (χ3v) is 2.89. The predicted molar refractivity (Wildman–Crippen MR) is 67.5 cm³/mol. The van der Waals surface area contributed by atoms with Gasteiger partial charge in [-0.25, -0.2) is 0 Å². The van der Waals surface area contributed by atoms with Gasteiger partial charge in [0.15, 0.2) is 5.78 Å². The highest BCUT2D eigenvalue weighted by Crippen LogP contribution is 2.34. The highest BCUT2D eigenvalue weighted by molar-refractivity contribution is 6.02. The lowest BCUT2D eigenvalue weighted by Crippen LogP contribution is -2.25. The molecule has 1 aliphatic rings. The van der Waals surface area contributed by atoms with E-state index in [-0.39, 0.29) is 37.1 Å². The number of carbonyl (C=O) groups is 2. The molecule has 0 amide bonds. The number of benzene rings is 1. The molecule has 0 saturated carbocycles. The van der Waals surface area contributed by atoms with Crippen molar-refractivity contribution in [3.05, 3.63) is 23.3 Å². The second-order valence-corrected chi connectivity index (χ2v) is 4.52. The molecule has 0 aliphatic carbocycles. The molecule has 1 aromatic carbocycles. The zero-order chi connectivity index (χ0) is 14.0. The van der Waals surface area contributed by atoms with E-state index in [2.05, 4.69) is 0 Å². The minimum absolute atomic E-state index is 0.0278. The van der Waals surface area contributed by atoms with Gasteiger partial charge in [0, 0.05) is 12.5 Å². The maximum absolute atomic E-state index is 12.1. The summed E-state index contributed by atoms with van der Waals surface area (Å²) >= 11 is 0. The molecule has 102 valence electrons. The molecule has 0 radical (unpaired) electrons. The van der Waals surface area contributed by atoms with Crippen LogP contribution < -0.4 is 4.74 Å². The van der Waals surface area contributed by atoms with Crippen molar-refractivity contribution in [2.45, 2.75) is 32.8 Å². The fraction of sp³-hybridized carbons (Fsp3) is 0.429. The lowest BCUT2D eigenvalue weighted by Gasteiger charge is -2.24. The normalized spacial score (nSPS) is 17.6. The molecular formula is C14H16O5. The SMILES string of the molecule is CCOC(=O)Cc1cc(O)cc2c1C(=O)CC(C)O2. The average Bonchev–Trinajstić information content (AvgIpc) is 2.26. The van der Waals surface area contributed by atoms with E-state index in [0.717, 1.165) is 0 Å². The maximum atomic E-state index is 12.1. The number of ketones is 1. The Morgan fingerprint density at radius 3 is 2.95 bits per heavy atom. The van der Waals surface area contributed by atoms with Gasteiger partial charge in [-0.05, 0) is 25.5 Å². The third-order valence-electron chi connectivity index (χ3n) is 2.89. The van der Waals surface area contributed by atoms with Crippen LogP contribution in [0.4, 0.5) is 0 Å². The lowest BCUT2D eigenvalue weighted by atomic mass is 9.94. The second kappa shape index (κ2) is 5.30. The zero-order valence-corrected chi connectivity index (χ0v) is 10.9. The first kappa shape index (κ1) is 13.4. The predicted octanol–water partition coefficient (Wildman–Crippen LogP) is 1.85. The van der Waals surface area contributed by atoms with E-state index in [0.29, 0.717) is 16.9 Å². The monoisotopic (exact) mass is 264 g/mol. The van der Waals surface area contributed by atoms with Gasteiger partial charge in [-0.15, -0.1) is 0 Å². The van der Waals surface area contributed by atoms with Crippen LogP contribution in [0.3, 0.4) is 0 Å². The number of fused-ring (bicyclic) bond motifs is 1. The molecule has 1 aliphatic heterocycles. The molecule has 0 fully saturated rings. The largest absolute Gasteiger partial charge is 0.508 e. The topological polar surface area (TPSA) is 72.8 Å². The van der Waals surface area contributed by atoms with Crippen molar-refractivity contribution >= 4 is 11.8 Å². The molecule has 19 heavy (non-hydrogen) atoms. The summed E-state index contributed by atoms with van der Waals surface area (Å²) in [6.45, 7) is 3.78. The van der Waals surface area contributed by atoms with Crippen LogP contribution in [0.15, 0.2) is 12.1 Å². The quantitative estimate of drug-likeness (QED) is 0.843. The van der Waals surface area contributed by atoms with E-state index in [1.165, 1.54) is 12.1 Å². The molecule has 1 heterocycles. The van der Waals surface area contributed by atoms with Gasteiger partial charge in [-0.1, -0.05) is 0 Å². The van der Waals surface area contributed by atoms with E-state index in [9.17, 15) is 14.7 Å². The molecule has 0 bridgehead atoms. The van der Waals surface area contributed by atoms with E-state index in [1.54, 1.807) is 13.8 Å². The number of aromatic hydroxyl groups is 1. The Hall–Kier alpha value is -2.04. The van der Waals surface area contributed by atoms with E-state index in [4.69, 9.17) is 9.47 Å². The lowest BCUT2D eigenvalue weighted by molar-refractivity contribution is -0.142. The van der Waals surface area contributed by atoms with Crippen molar-refractivity contribution in [3.63, 3.8) is 0 Å². The molecular weight excluding hydrogens is 248 g/mol. The summed E-state index contributed by atoms with van der Waals surface area (Å²) in [6, 6.07) is 2.81. The van der Waals surface area contributed by atoms with E-state index < -0.39 is 5.97 Å². The molecule has 2 rings (SSSR count). The van der Waals surface area contributed by atoms with Crippen LogP contribution in [0.25, 0.3) is 0 Å². The number of rotatable bonds is 3. The summed E-state index contributed by atoms with van der Waals surface area (Å²) in [5, 5.41) is 9.64. The van der Waals surface area contributed by atoms with Gasteiger partial charge in [0.2, 0.25) is 0 Å². The van der Waals surface area contributed by atoms with Crippen molar-refractivity contribution in [3.8, 4) is 11.5 Å². The van der Waals surface area contributed by atoms with Crippen molar-refractivity contribution in [2.75, 3.05) is 6.61 Å². The molecule has 1 unspecified atom stereocenters. The highest BCUT2D eigenvalue weighted by Gasteiger charge is 2.28. The van der Waals surface area contributed by atoms with Gasteiger partial charge in [-0.3, -0.25) is 9.59 Å². The van der Waals surface area contributed by atoms with E-state index >= 15 is 0 Å². The number of carbonyl (C=O) groups excluding carboxylic acids is 2. The molecule has 1 atom stereocenters. The molecule has 1 aromatic rings. The van der Waals surface area contributed by atoms with Gasteiger partial charge in [0.05, 0.1) is 18.6 Å². The Labute approximate surface area is 111 Å². The average molecular weight is 264 g/mol. The van der Waals surface area contributed by atoms with Crippen molar-refractivity contribution in [1.82, 2.24) is 0 Å². The molecule has 1 N–H and O–H groups in total. The first-order chi connectivity index (χ1) is 9.01. The van der Waals surface area contributed by atoms with Crippen molar-refractivity contribution < 1.29 is 24.2 Å². The Morgan fingerprint density at radius 2 is 2.26 bits per heavy atom. The van der Waals surface area contributed by atoms with Gasteiger partial charge in [0.1, 0.15) is 17.6 Å². The number of hydrogen-bond donors (Lipinski definition) is 1. The number of Topliss-reactive ketones (excluding diaryl/α,β-unsaturated/α-hetero) is 1. The molecule has 5 heteroatoms. The standard InChI is InChI=1S/C14H16O5/c1-3-18-13(17)6-9-5-10(15)7-12-14(9)11(16)4-8(2)19-12/h5,7-8,15H,3-4,6H2,1-2H3. The van der Waals surface area contributed by atoms with Crippen LogP contribution in [0, 0.1) is 0 Å². The van der Waals surface area contributed by atoms with Crippen LogP contribution in [0.1, 0.15) is 36.2 Å². The number of phenols is 1. The van der Waals surface area contributed by atoms with Gasteiger partial charge in [0.25, 0.3) is 0 Å². The number of phenolic OH excluding ortho intramolecular Hbond substituents is 1. The van der Waals surface area contributed by atoms with Crippen LogP contribution >= 0.6 is 0 Å². The fourth-order valence-electron chi connectivity index (χ4n) is 2.20. The van der Waals surface area contributed by atoms with Crippen LogP contribution in [-0.2, 0) is 16.0 Å². The highest BCUT2D eigenvalue weighted by atomic mass is 16.5. The molecule has 0 saturated heterocycles. The fourth-order valence-corrected chi connectivity index (χ4v) is 2.20. The summed E-state index contributed by atoms with van der Waals surface area (Å²) in [5.41, 5.74) is 0.828. The smallest absolute Gasteiger partial charge is 0.310 e. The van der Waals surface area contributed by atoms with Crippen molar-refractivity contribution in [2.24, 2.45) is 0 Å². The van der Waals surface area contributed by atoms with Crippen LogP contribution in [0.2, 0.25) is 0 Å². The summed E-state index contributed by atoms with van der Waals surface area (Å²) < 4.78 is 10.4. The maximum Gasteiger partial charge on any atom is 0.310 e. The minimum atomic E-state index is -0.429. The van der Waals surface area contributed by atoms with Crippen LogP contribution in [0.5, 0.6) is 11.5 Å². The summed E-state index contributed by atoms with van der Waals surface area (Å²) in [6.07, 6.45) is -0.000911. The number of hydrogen-bond acceptors (Lipinski definition) is 5. The second-order valence-electron chi connectivity index (χ2n) is 4.52. The Bertz CT molecular complexity index is 521. The molecule has 5 nitrogen and oxygen atoms in total. The molecule has 0 aromatic heterocycles. The zero-order valence-electron chi connectivity index (χ0n) is 10.9. The molecule has 0 spiro atoms. The number of ether oxygens (including phenoxy) is 2. The third kappa shape index (κ3) is 2.86. The summed E-state index contributed by atoms with van der Waals surface area (Å²) in [4.78, 5) is 23.6. The Morgan fingerprint density at radius 1 is 1.53 bits per heavy atom.